The first kappa shape index (κ1) is 16.8. The molecule has 0 aliphatic carbocycles. The van der Waals surface area contributed by atoms with Gasteiger partial charge in [-0.25, -0.2) is 0 Å². The highest BCUT2D eigenvalue weighted by Gasteiger charge is 2.24. The second-order valence-corrected chi connectivity index (χ2v) is 6.47. The molecular weight excluding hydrogens is 302 g/mol. The normalized spacial score (nSPS) is 19.0. The van der Waals surface area contributed by atoms with Crippen LogP contribution in [0.15, 0.2) is 30.6 Å². The largest absolute Gasteiger partial charge is 0.493 e. The molecule has 1 saturated heterocycles. The van der Waals surface area contributed by atoms with Crippen molar-refractivity contribution < 1.29 is 9.47 Å². The molecule has 0 bridgehead atoms. The lowest BCUT2D eigenvalue weighted by molar-refractivity contribution is 0.192. The van der Waals surface area contributed by atoms with E-state index in [9.17, 15) is 0 Å². The molecule has 3 rings (SSSR count). The third kappa shape index (κ3) is 3.73. The van der Waals surface area contributed by atoms with Crippen molar-refractivity contribution in [2.24, 2.45) is 7.05 Å². The molecule has 1 aliphatic heterocycles. The lowest BCUT2D eigenvalue weighted by Crippen LogP contribution is -2.28. The van der Waals surface area contributed by atoms with Crippen molar-refractivity contribution in [3.05, 3.63) is 41.7 Å². The van der Waals surface area contributed by atoms with Gasteiger partial charge in [-0.1, -0.05) is 18.9 Å². The molecule has 1 aliphatic rings. The van der Waals surface area contributed by atoms with Gasteiger partial charge >= 0.3 is 0 Å². The number of rotatable bonds is 5. The van der Waals surface area contributed by atoms with Crippen LogP contribution in [-0.2, 0) is 13.6 Å². The number of benzene rings is 1. The number of hydrogen-bond donors (Lipinski definition) is 0. The summed E-state index contributed by atoms with van der Waals surface area (Å²) in [4.78, 5) is 2.57. The fraction of sp³-hybridized carbons (Fsp3) is 0.526. The van der Waals surface area contributed by atoms with Gasteiger partial charge in [-0.2, -0.15) is 5.10 Å². The number of methoxy groups -OCH3 is 2. The van der Waals surface area contributed by atoms with Gasteiger partial charge in [-0.05, 0) is 37.1 Å². The lowest BCUT2D eigenvalue weighted by atomic mass is 10.0. The highest BCUT2D eigenvalue weighted by Crippen LogP contribution is 2.33. The predicted octanol–water partition coefficient (Wildman–Crippen LogP) is 3.55. The number of hydrogen-bond acceptors (Lipinski definition) is 4. The van der Waals surface area contributed by atoms with Crippen molar-refractivity contribution >= 4 is 0 Å². The van der Waals surface area contributed by atoms with E-state index in [-0.39, 0.29) is 0 Å². The average Bonchev–Trinajstić information content (AvgIpc) is 2.89. The average molecular weight is 329 g/mol. The van der Waals surface area contributed by atoms with E-state index >= 15 is 0 Å². The summed E-state index contributed by atoms with van der Waals surface area (Å²) >= 11 is 0. The first-order chi connectivity index (χ1) is 11.7. The van der Waals surface area contributed by atoms with Gasteiger partial charge in [0.2, 0.25) is 0 Å². The number of aromatic nitrogens is 2. The van der Waals surface area contributed by atoms with E-state index in [2.05, 4.69) is 28.3 Å². The van der Waals surface area contributed by atoms with Crippen LogP contribution < -0.4 is 9.47 Å². The molecule has 0 spiro atoms. The first-order valence-corrected chi connectivity index (χ1v) is 8.64. The third-order valence-corrected chi connectivity index (χ3v) is 4.81. The van der Waals surface area contributed by atoms with Gasteiger partial charge in [0, 0.05) is 31.4 Å². The highest BCUT2D eigenvalue weighted by atomic mass is 16.5. The number of ether oxygens (including phenoxy) is 2. The summed E-state index contributed by atoms with van der Waals surface area (Å²) in [5.74, 6) is 1.57. The fourth-order valence-corrected chi connectivity index (χ4v) is 3.56. The molecule has 2 heterocycles. The van der Waals surface area contributed by atoms with Crippen molar-refractivity contribution in [1.82, 2.24) is 14.7 Å². The topological polar surface area (TPSA) is 39.5 Å². The van der Waals surface area contributed by atoms with Crippen LogP contribution in [0.3, 0.4) is 0 Å². The Morgan fingerprint density at radius 1 is 1.12 bits per heavy atom. The number of aryl methyl sites for hydroxylation is 1. The van der Waals surface area contributed by atoms with Crippen LogP contribution >= 0.6 is 0 Å². The summed E-state index contributed by atoms with van der Waals surface area (Å²) in [5, 5.41) is 4.37. The summed E-state index contributed by atoms with van der Waals surface area (Å²) in [5.41, 5.74) is 2.57. The van der Waals surface area contributed by atoms with Crippen LogP contribution in [-0.4, -0.2) is 35.4 Å². The molecular formula is C19H27N3O2. The lowest BCUT2D eigenvalue weighted by Gasteiger charge is -2.29. The van der Waals surface area contributed by atoms with E-state index in [0.717, 1.165) is 24.6 Å². The molecule has 0 unspecified atom stereocenters. The Labute approximate surface area is 144 Å². The van der Waals surface area contributed by atoms with Gasteiger partial charge in [0.15, 0.2) is 11.5 Å². The Kier molecular flexibility index (Phi) is 5.41. The Morgan fingerprint density at radius 2 is 1.96 bits per heavy atom. The molecule has 2 aromatic rings. The zero-order chi connectivity index (χ0) is 16.9. The molecule has 130 valence electrons. The third-order valence-electron chi connectivity index (χ3n) is 4.81. The predicted molar refractivity (Wildman–Crippen MR) is 94.4 cm³/mol. The van der Waals surface area contributed by atoms with Crippen LogP contribution in [0.5, 0.6) is 11.5 Å². The second-order valence-electron chi connectivity index (χ2n) is 6.47. The zero-order valence-electron chi connectivity index (χ0n) is 14.9. The van der Waals surface area contributed by atoms with Gasteiger partial charge < -0.3 is 9.47 Å². The SMILES string of the molecule is COc1ccc(CN2CCCCC[C@@H]2c2cnn(C)c2)cc1OC. The molecule has 1 atom stereocenters. The quantitative estimate of drug-likeness (QED) is 0.841. The van der Waals surface area contributed by atoms with Crippen molar-refractivity contribution in [3.63, 3.8) is 0 Å². The maximum atomic E-state index is 5.45. The van der Waals surface area contributed by atoms with E-state index in [1.807, 2.05) is 24.0 Å². The molecule has 1 aromatic heterocycles. The minimum atomic E-state index is 0.439. The van der Waals surface area contributed by atoms with Gasteiger partial charge in [-0.15, -0.1) is 0 Å². The van der Waals surface area contributed by atoms with Crippen molar-refractivity contribution in [3.8, 4) is 11.5 Å². The Morgan fingerprint density at radius 3 is 2.67 bits per heavy atom. The summed E-state index contributed by atoms with van der Waals surface area (Å²) in [7, 11) is 5.34. The molecule has 1 fully saturated rings. The maximum absolute atomic E-state index is 5.45. The van der Waals surface area contributed by atoms with Crippen LogP contribution in [0.4, 0.5) is 0 Å². The summed E-state index contributed by atoms with van der Waals surface area (Å²) in [6.45, 7) is 2.04. The Hall–Kier alpha value is -2.01. The molecule has 5 nitrogen and oxygen atoms in total. The first-order valence-electron chi connectivity index (χ1n) is 8.64. The van der Waals surface area contributed by atoms with E-state index < -0.39 is 0 Å². The van der Waals surface area contributed by atoms with Crippen LogP contribution in [0.1, 0.15) is 42.9 Å². The molecule has 0 amide bonds. The van der Waals surface area contributed by atoms with E-state index in [4.69, 9.17) is 9.47 Å². The second kappa shape index (κ2) is 7.71. The number of nitrogens with zero attached hydrogens (tertiary/aromatic N) is 3. The van der Waals surface area contributed by atoms with Crippen LogP contribution in [0, 0.1) is 0 Å². The minimum absolute atomic E-state index is 0.439. The van der Waals surface area contributed by atoms with Crippen molar-refractivity contribution in [2.45, 2.75) is 38.3 Å². The fourth-order valence-electron chi connectivity index (χ4n) is 3.56. The summed E-state index contributed by atoms with van der Waals surface area (Å²) in [6, 6.07) is 6.65. The molecule has 5 heteroatoms. The van der Waals surface area contributed by atoms with Gasteiger partial charge in [0.05, 0.1) is 20.4 Å². The van der Waals surface area contributed by atoms with Crippen LogP contribution in [0.2, 0.25) is 0 Å². The molecule has 0 N–H and O–H groups in total. The zero-order valence-corrected chi connectivity index (χ0v) is 14.9. The van der Waals surface area contributed by atoms with Crippen molar-refractivity contribution in [1.29, 1.82) is 0 Å². The highest BCUT2D eigenvalue weighted by molar-refractivity contribution is 5.42. The summed E-state index contributed by atoms with van der Waals surface area (Å²) in [6.07, 6.45) is 9.19. The van der Waals surface area contributed by atoms with Gasteiger partial charge in [0.25, 0.3) is 0 Å². The summed E-state index contributed by atoms with van der Waals surface area (Å²) < 4.78 is 12.7. The van der Waals surface area contributed by atoms with Gasteiger partial charge in [-0.3, -0.25) is 9.58 Å². The van der Waals surface area contributed by atoms with Crippen molar-refractivity contribution in [2.75, 3.05) is 20.8 Å². The van der Waals surface area contributed by atoms with E-state index in [0.29, 0.717) is 6.04 Å². The van der Waals surface area contributed by atoms with E-state index in [1.165, 1.54) is 36.8 Å². The molecule has 1 aromatic carbocycles. The standard InChI is InChI=1S/C19H27N3O2/c1-21-14-16(12-20-21)17-7-5-4-6-10-22(17)13-15-8-9-18(23-2)19(11-15)24-3/h8-9,11-12,14,17H,4-7,10,13H2,1-3H3/t17-/m1/s1. The maximum Gasteiger partial charge on any atom is 0.161 e. The minimum Gasteiger partial charge on any atom is -0.493 e. The molecule has 0 radical (unpaired) electrons. The van der Waals surface area contributed by atoms with E-state index in [1.54, 1.807) is 14.2 Å². The molecule has 24 heavy (non-hydrogen) atoms. The monoisotopic (exact) mass is 329 g/mol. The van der Waals surface area contributed by atoms with Gasteiger partial charge in [0.1, 0.15) is 0 Å². The molecule has 0 saturated carbocycles. The van der Waals surface area contributed by atoms with Crippen LogP contribution in [0.25, 0.3) is 0 Å². The Bertz CT molecular complexity index is 668. The smallest absolute Gasteiger partial charge is 0.161 e. The number of likely N-dealkylation sites (tertiary alicyclic amines) is 1. The Balaban J connectivity index is 1.82.